The first-order valence-corrected chi connectivity index (χ1v) is 13.0. The molecule has 3 aromatic rings. The van der Waals surface area contributed by atoms with Gasteiger partial charge in [-0.15, -0.1) is 0 Å². The Labute approximate surface area is 210 Å². The third-order valence-corrected chi connectivity index (χ3v) is 7.62. The van der Waals surface area contributed by atoms with Crippen LogP contribution < -0.4 is 14.8 Å². The molecule has 8 nitrogen and oxygen atoms in total. The number of benzene rings is 3. The van der Waals surface area contributed by atoms with Crippen molar-refractivity contribution in [1.29, 1.82) is 0 Å². The topological polar surface area (TPSA) is 108 Å². The summed E-state index contributed by atoms with van der Waals surface area (Å²) in [5.41, 5.74) is 0.723. The summed E-state index contributed by atoms with van der Waals surface area (Å²) in [6, 6.07) is 19.1. The summed E-state index contributed by atoms with van der Waals surface area (Å²) >= 11 is 0. The zero-order valence-corrected chi connectivity index (χ0v) is 20.6. The number of ketones is 1. The maximum atomic E-state index is 13.6. The maximum Gasteiger partial charge on any atom is 0.253 e. The third kappa shape index (κ3) is 5.75. The zero-order valence-electron chi connectivity index (χ0n) is 19.8. The number of hydrogen-bond donors (Lipinski definition) is 1. The van der Waals surface area contributed by atoms with E-state index >= 15 is 0 Å². The largest absolute Gasteiger partial charge is 0.485 e. The van der Waals surface area contributed by atoms with E-state index in [4.69, 9.17) is 14.2 Å². The summed E-state index contributed by atoms with van der Waals surface area (Å²) in [7, 11) is -2.67. The molecule has 4 rings (SSSR count). The molecule has 1 amide bonds. The number of carbonyl (C=O) groups excluding carboxylic acids is 2. The molecule has 0 heterocycles. The number of carbonyl (C=O) groups is 2. The highest BCUT2D eigenvalue weighted by molar-refractivity contribution is 7.91. The fourth-order valence-electron chi connectivity index (χ4n) is 3.96. The highest BCUT2D eigenvalue weighted by Crippen LogP contribution is 2.36. The van der Waals surface area contributed by atoms with E-state index in [1.807, 2.05) is 30.3 Å². The summed E-state index contributed by atoms with van der Waals surface area (Å²) in [6.45, 7) is 0.00573. The number of Topliss-reactive ketones (excluding diaryl/α,β-unsaturated/α-hetero) is 1. The Morgan fingerprint density at radius 2 is 1.64 bits per heavy atom. The van der Waals surface area contributed by atoms with Gasteiger partial charge in [0.25, 0.3) is 5.91 Å². The van der Waals surface area contributed by atoms with Gasteiger partial charge in [0.15, 0.2) is 24.1 Å². The van der Waals surface area contributed by atoms with E-state index in [0.717, 1.165) is 5.56 Å². The molecule has 3 aromatic carbocycles. The van der Waals surface area contributed by atoms with Crippen LogP contribution in [0.1, 0.15) is 35.2 Å². The summed E-state index contributed by atoms with van der Waals surface area (Å²) < 4.78 is 43.9. The molecule has 0 aromatic heterocycles. The number of amides is 1. The molecule has 1 fully saturated rings. The van der Waals surface area contributed by atoms with Crippen molar-refractivity contribution in [3.8, 4) is 11.5 Å². The van der Waals surface area contributed by atoms with E-state index in [9.17, 15) is 18.0 Å². The van der Waals surface area contributed by atoms with Gasteiger partial charge in [0.05, 0.1) is 21.4 Å². The van der Waals surface area contributed by atoms with Crippen LogP contribution >= 0.6 is 0 Å². The standard InChI is InChI=1S/C27H27NO7S/c1-33-18-35-24-15-21(27(30)28-22-13-8-14-23(22)29)26(36(31,32)20-11-6-3-7-12-20)16-25(24)34-17-19-9-4-2-5-10-19/h2-7,9-12,15-16,22H,8,13-14,17-18H2,1H3,(H,28,30)/t22-/m1/s1. The van der Waals surface area contributed by atoms with Gasteiger partial charge in [-0.2, -0.15) is 0 Å². The highest BCUT2D eigenvalue weighted by atomic mass is 32.2. The second kappa shape index (κ2) is 11.4. The predicted octanol–water partition coefficient (Wildman–Crippen LogP) is 3.93. The SMILES string of the molecule is COCOc1cc(C(=O)N[C@@H]2CCCC2=O)c(S(=O)(=O)c2ccccc2)cc1OCc1ccccc1. The molecule has 0 radical (unpaired) electrons. The minimum Gasteiger partial charge on any atom is -0.485 e. The van der Waals surface area contributed by atoms with Gasteiger partial charge in [0, 0.05) is 19.6 Å². The van der Waals surface area contributed by atoms with Crippen molar-refractivity contribution in [2.45, 2.75) is 41.7 Å². The van der Waals surface area contributed by atoms with Gasteiger partial charge >= 0.3 is 0 Å². The smallest absolute Gasteiger partial charge is 0.253 e. The average molecular weight is 510 g/mol. The second-order valence-electron chi connectivity index (χ2n) is 8.32. The molecule has 0 bridgehead atoms. The molecule has 9 heteroatoms. The molecule has 1 saturated carbocycles. The number of sulfone groups is 1. The van der Waals surface area contributed by atoms with Crippen LogP contribution in [-0.2, 0) is 26.0 Å². The van der Waals surface area contributed by atoms with E-state index in [-0.39, 0.29) is 46.0 Å². The molecular weight excluding hydrogens is 482 g/mol. The number of ether oxygens (including phenoxy) is 3. The summed E-state index contributed by atoms with van der Waals surface area (Å²) in [5.74, 6) is -0.474. The molecule has 36 heavy (non-hydrogen) atoms. The van der Waals surface area contributed by atoms with E-state index in [2.05, 4.69) is 5.32 Å². The normalized spacial score (nSPS) is 15.5. The minimum atomic E-state index is -4.12. The van der Waals surface area contributed by atoms with Crippen LogP contribution in [-0.4, -0.2) is 40.1 Å². The quantitative estimate of drug-likeness (QED) is 0.413. The molecule has 1 aliphatic rings. The van der Waals surface area contributed by atoms with Crippen LogP contribution in [0.2, 0.25) is 0 Å². The Morgan fingerprint density at radius 1 is 0.972 bits per heavy atom. The average Bonchev–Trinajstić information content (AvgIpc) is 3.31. The van der Waals surface area contributed by atoms with Gasteiger partial charge in [0.1, 0.15) is 6.61 Å². The first-order valence-electron chi connectivity index (χ1n) is 11.5. The van der Waals surface area contributed by atoms with Crippen LogP contribution in [0, 0.1) is 0 Å². The summed E-state index contributed by atoms with van der Waals surface area (Å²) in [4.78, 5) is 25.2. The number of nitrogens with one attached hydrogen (secondary N) is 1. The predicted molar refractivity (Wildman–Crippen MR) is 132 cm³/mol. The Hall–Kier alpha value is -3.69. The number of hydrogen-bond acceptors (Lipinski definition) is 7. The van der Waals surface area contributed by atoms with Crippen LogP contribution in [0.5, 0.6) is 11.5 Å². The Balaban J connectivity index is 1.79. The van der Waals surface area contributed by atoms with Crippen LogP contribution in [0.15, 0.2) is 82.6 Å². The fourth-order valence-corrected chi connectivity index (χ4v) is 5.43. The van der Waals surface area contributed by atoms with Gasteiger partial charge in [0.2, 0.25) is 9.84 Å². The van der Waals surface area contributed by atoms with Crippen molar-refractivity contribution in [1.82, 2.24) is 5.32 Å². The minimum absolute atomic E-state index is 0.0237. The molecular formula is C27H27NO7S. The van der Waals surface area contributed by atoms with Gasteiger partial charge in [-0.3, -0.25) is 9.59 Å². The van der Waals surface area contributed by atoms with Gasteiger partial charge < -0.3 is 19.5 Å². The van der Waals surface area contributed by atoms with Crippen molar-refractivity contribution in [3.63, 3.8) is 0 Å². The summed E-state index contributed by atoms with van der Waals surface area (Å²) in [6.07, 6.45) is 1.57. The molecule has 1 N–H and O–H groups in total. The van der Waals surface area contributed by atoms with Crippen molar-refractivity contribution >= 4 is 21.5 Å². The molecule has 0 aliphatic heterocycles. The van der Waals surface area contributed by atoms with Crippen molar-refractivity contribution < 1.29 is 32.2 Å². The van der Waals surface area contributed by atoms with E-state index in [1.165, 1.54) is 31.4 Å². The third-order valence-electron chi connectivity index (χ3n) is 5.81. The van der Waals surface area contributed by atoms with Gasteiger partial charge in [-0.05, 0) is 36.6 Å². The first-order chi connectivity index (χ1) is 17.4. The van der Waals surface area contributed by atoms with Gasteiger partial charge in [-0.1, -0.05) is 48.5 Å². The van der Waals surface area contributed by atoms with E-state index in [0.29, 0.717) is 19.3 Å². The Bertz CT molecular complexity index is 1320. The fraction of sp³-hybridized carbons (Fsp3) is 0.259. The van der Waals surface area contributed by atoms with Crippen molar-refractivity contribution in [2.75, 3.05) is 13.9 Å². The number of methoxy groups -OCH3 is 1. The van der Waals surface area contributed by atoms with Crippen molar-refractivity contribution in [3.05, 3.63) is 83.9 Å². The lowest BCUT2D eigenvalue weighted by Crippen LogP contribution is -2.38. The first kappa shape index (κ1) is 25.4. The van der Waals surface area contributed by atoms with Gasteiger partial charge in [-0.25, -0.2) is 8.42 Å². The Morgan fingerprint density at radius 3 is 2.28 bits per heavy atom. The monoisotopic (exact) mass is 509 g/mol. The molecule has 0 unspecified atom stereocenters. The van der Waals surface area contributed by atoms with Crippen LogP contribution in [0.25, 0.3) is 0 Å². The molecule has 0 saturated heterocycles. The lowest BCUT2D eigenvalue weighted by Gasteiger charge is -2.19. The Kier molecular flexibility index (Phi) is 8.02. The van der Waals surface area contributed by atoms with Crippen LogP contribution in [0.4, 0.5) is 0 Å². The van der Waals surface area contributed by atoms with E-state index in [1.54, 1.807) is 18.2 Å². The second-order valence-corrected chi connectivity index (χ2v) is 10.2. The summed E-state index contributed by atoms with van der Waals surface area (Å²) in [5, 5.41) is 2.69. The maximum absolute atomic E-state index is 13.6. The molecule has 0 spiro atoms. The van der Waals surface area contributed by atoms with Crippen molar-refractivity contribution in [2.24, 2.45) is 0 Å². The molecule has 1 atom stereocenters. The highest BCUT2D eigenvalue weighted by Gasteiger charge is 2.31. The lowest BCUT2D eigenvalue weighted by atomic mass is 10.1. The lowest BCUT2D eigenvalue weighted by molar-refractivity contribution is -0.118. The van der Waals surface area contributed by atoms with E-state index < -0.39 is 21.8 Å². The van der Waals surface area contributed by atoms with Crippen LogP contribution in [0.3, 0.4) is 0 Å². The number of rotatable bonds is 10. The molecule has 188 valence electrons. The zero-order chi connectivity index (χ0) is 25.5. The molecule has 1 aliphatic carbocycles.